The Morgan fingerprint density at radius 1 is 0.943 bits per heavy atom. The van der Waals surface area contributed by atoms with Crippen LogP contribution in [-0.2, 0) is 17.0 Å². The Balaban J connectivity index is 1.46. The molecule has 35 heavy (non-hydrogen) atoms. The lowest BCUT2D eigenvalue weighted by Gasteiger charge is -2.27. The summed E-state index contributed by atoms with van der Waals surface area (Å²) >= 11 is 3.46. The summed E-state index contributed by atoms with van der Waals surface area (Å²) in [5, 5.41) is 15.5. The molecule has 0 fully saturated rings. The van der Waals surface area contributed by atoms with Gasteiger partial charge in [0, 0.05) is 0 Å². The number of nitrogens with zero attached hydrogens (tertiary/aromatic N) is 1. The van der Waals surface area contributed by atoms with Crippen LogP contribution in [0.4, 0.5) is 4.39 Å². The van der Waals surface area contributed by atoms with Gasteiger partial charge in [0.05, 0.1) is 10.7 Å². The van der Waals surface area contributed by atoms with Crippen LogP contribution in [0.3, 0.4) is 0 Å². The second kappa shape index (κ2) is 11.1. The molecule has 176 valence electrons. The summed E-state index contributed by atoms with van der Waals surface area (Å²) in [6.45, 7) is 0.220. The summed E-state index contributed by atoms with van der Waals surface area (Å²) in [5.74, 6) is -0.413. The zero-order valence-corrected chi connectivity index (χ0v) is 20.2. The van der Waals surface area contributed by atoms with Gasteiger partial charge in [-0.05, 0) is 68.5 Å². The molecule has 5 nitrogen and oxygen atoms in total. The van der Waals surface area contributed by atoms with Gasteiger partial charge in [0.15, 0.2) is 5.60 Å². The van der Waals surface area contributed by atoms with Gasteiger partial charge in [-0.25, -0.2) is 9.82 Å². The van der Waals surface area contributed by atoms with E-state index in [4.69, 9.17) is 4.74 Å². The zero-order valence-electron chi connectivity index (χ0n) is 18.6. The molecule has 2 N–H and O–H groups in total. The van der Waals surface area contributed by atoms with Crippen LogP contribution < -0.4 is 10.2 Å². The third-order valence-corrected chi connectivity index (χ3v) is 5.95. The summed E-state index contributed by atoms with van der Waals surface area (Å²) in [4.78, 5) is 13.1. The van der Waals surface area contributed by atoms with Gasteiger partial charge >= 0.3 is 0 Å². The first-order valence-corrected chi connectivity index (χ1v) is 11.6. The number of aliphatic hydroxyl groups is 1. The largest absolute Gasteiger partial charge is 0.488 e. The fourth-order valence-electron chi connectivity index (χ4n) is 3.54. The van der Waals surface area contributed by atoms with Crippen LogP contribution in [0.25, 0.3) is 0 Å². The molecule has 0 aromatic heterocycles. The molecule has 4 aromatic rings. The van der Waals surface area contributed by atoms with Crippen molar-refractivity contribution in [2.45, 2.75) is 12.2 Å². The quantitative estimate of drug-likeness (QED) is 0.231. The molecule has 7 heteroatoms. The van der Waals surface area contributed by atoms with Crippen LogP contribution in [0.2, 0.25) is 0 Å². The van der Waals surface area contributed by atoms with Gasteiger partial charge in [0.1, 0.15) is 18.2 Å². The maximum Gasteiger partial charge on any atom is 0.281 e. The number of amides is 1. The normalized spacial score (nSPS) is 11.4. The Bertz CT molecular complexity index is 1290. The topological polar surface area (TPSA) is 70.9 Å². The Morgan fingerprint density at radius 3 is 2.20 bits per heavy atom. The van der Waals surface area contributed by atoms with Crippen LogP contribution in [0.5, 0.6) is 5.75 Å². The Labute approximate surface area is 211 Å². The van der Waals surface area contributed by atoms with Gasteiger partial charge in [-0.15, -0.1) is 0 Å². The fraction of sp³-hybridized carbons (Fsp3) is 0.0714. The lowest BCUT2D eigenvalue weighted by Crippen LogP contribution is -2.43. The van der Waals surface area contributed by atoms with Crippen molar-refractivity contribution < 1.29 is 19.0 Å². The highest BCUT2D eigenvalue weighted by atomic mass is 79.9. The number of halogens is 2. The summed E-state index contributed by atoms with van der Waals surface area (Å²) in [6, 6.07) is 28.9. The van der Waals surface area contributed by atoms with Crippen molar-refractivity contribution in [3.63, 3.8) is 0 Å². The van der Waals surface area contributed by atoms with E-state index < -0.39 is 11.5 Å². The summed E-state index contributed by atoms with van der Waals surface area (Å²) < 4.78 is 19.8. The molecular formula is C28H22BrFN2O3. The minimum absolute atomic E-state index is 0.220. The number of ether oxygens (including phenoxy) is 1. The van der Waals surface area contributed by atoms with Crippen LogP contribution in [0, 0.1) is 5.82 Å². The van der Waals surface area contributed by atoms with Crippen LogP contribution in [0.15, 0.2) is 113 Å². The molecule has 0 aliphatic rings. The number of carbonyl (C=O) groups is 1. The maximum atomic E-state index is 13.3. The highest BCUT2D eigenvalue weighted by Crippen LogP contribution is 2.30. The van der Waals surface area contributed by atoms with E-state index in [9.17, 15) is 14.3 Å². The lowest BCUT2D eigenvalue weighted by molar-refractivity contribution is -0.136. The average Bonchev–Trinajstić information content (AvgIpc) is 2.88. The number of hydrogen-bond donors (Lipinski definition) is 2. The van der Waals surface area contributed by atoms with Gasteiger partial charge in [0.25, 0.3) is 5.91 Å². The first-order valence-electron chi connectivity index (χ1n) is 10.8. The summed E-state index contributed by atoms with van der Waals surface area (Å²) in [6.07, 6.45) is 1.47. The number of hydrogen-bond acceptors (Lipinski definition) is 4. The molecule has 4 rings (SSSR count). The predicted octanol–water partition coefficient (Wildman–Crippen LogP) is 5.55. The minimum Gasteiger partial charge on any atom is -0.488 e. The maximum absolute atomic E-state index is 13.3. The number of carbonyl (C=O) groups excluding carboxylic acids is 1. The first-order chi connectivity index (χ1) is 17.0. The molecule has 0 atom stereocenters. The van der Waals surface area contributed by atoms with Gasteiger partial charge in [-0.2, -0.15) is 5.10 Å². The van der Waals surface area contributed by atoms with E-state index in [-0.39, 0.29) is 12.4 Å². The molecule has 0 spiro atoms. The molecular weight excluding hydrogens is 511 g/mol. The van der Waals surface area contributed by atoms with Crippen molar-refractivity contribution in [2.75, 3.05) is 0 Å². The van der Waals surface area contributed by atoms with E-state index in [0.29, 0.717) is 26.9 Å². The van der Waals surface area contributed by atoms with E-state index in [1.807, 2.05) is 12.1 Å². The highest BCUT2D eigenvalue weighted by molar-refractivity contribution is 9.10. The zero-order chi connectivity index (χ0) is 24.7. The Morgan fingerprint density at radius 2 is 1.60 bits per heavy atom. The molecule has 0 heterocycles. The number of hydrazone groups is 1. The molecule has 0 radical (unpaired) electrons. The van der Waals surface area contributed by atoms with Crippen LogP contribution in [0.1, 0.15) is 22.3 Å². The minimum atomic E-state index is -1.91. The van der Waals surface area contributed by atoms with E-state index >= 15 is 0 Å². The SMILES string of the molecule is O=C(N/N=C/c1ccc(OCc2cccc(F)c2)c(Br)c1)C(O)(c1ccccc1)c1ccccc1. The molecule has 0 aliphatic carbocycles. The molecule has 0 saturated heterocycles. The molecule has 4 aromatic carbocycles. The molecule has 0 bridgehead atoms. The lowest BCUT2D eigenvalue weighted by atomic mass is 9.85. The molecule has 1 amide bonds. The third-order valence-electron chi connectivity index (χ3n) is 5.33. The second-order valence-corrected chi connectivity index (χ2v) is 8.60. The van der Waals surface area contributed by atoms with Crippen molar-refractivity contribution in [3.05, 3.63) is 136 Å². The molecule has 0 saturated carbocycles. The van der Waals surface area contributed by atoms with Gasteiger partial charge in [-0.3, -0.25) is 4.79 Å². The summed E-state index contributed by atoms with van der Waals surface area (Å²) in [7, 11) is 0. The van der Waals surface area contributed by atoms with E-state index in [0.717, 1.165) is 5.56 Å². The monoisotopic (exact) mass is 532 g/mol. The third kappa shape index (κ3) is 5.82. The van der Waals surface area contributed by atoms with E-state index in [1.165, 1.54) is 18.3 Å². The van der Waals surface area contributed by atoms with E-state index in [1.54, 1.807) is 78.9 Å². The number of benzene rings is 4. The van der Waals surface area contributed by atoms with Crippen molar-refractivity contribution in [1.29, 1.82) is 0 Å². The van der Waals surface area contributed by atoms with Crippen LogP contribution in [-0.4, -0.2) is 17.2 Å². The second-order valence-electron chi connectivity index (χ2n) is 7.75. The number of nitrogens with one attached hydrogen (secondary N) is 1. The van der Waals surface area contributed by atoms with Crippen molar-refractivity contribution in [2.24, 2.45) is 5.10 Å². The highest BCUT2D eigenvalue weighted by Gasteiger charge is 2.39. The number of rotatable bonds is 8. The standard InChI is InChI=1S/C28H22BrFN2O3/c29-25-17-20(14-15-26(25)35-19-21-8-7-13-24(30)16-21)18-31-32-27(33)28(34,22-9-3-1-4-10-22)23-11-5-2-6-12-23/h1-18,34H,19H2,(H,32,33)/b31-18+. The van der Waals surface area contributed by atoms with Crippen LogP contribution >= 0.6 is 15.9 Å². The van der Waals surface area contributed by atoms with Crippen molar-refractivity contribution in [1.82, 2.24) is 5.43 Å². The average molecular weight is 533 g/mol. The van der Waals surface area contributed by atoms with Crippen molar-refractivity contribution in [3.8, 4) is 5.75 Å². The fourth-order valence-corrected chi connectivity index (χ4v) is 4.05. The van der Waals surface area contributed by atoms with Gasteiger partial charge < -0.3 is 9.84 Å². The Hall–Kier alpha value is -3.81. The van der Waals surface area contributed by atoms with Crippen molar-refractivity contribution >= 4 is 28.1 Å². The van der Waals surface area contributed by atoms with Gasteiger partial charge in [-0.1, -0.05) is 72.8 Å². The smallest absolute Gasteiger partial charge is 0.281 e. The van der Waals surface area contributed by atoms with E-state index in [2.05, 4.69) is 26.5 Å². The molecule has 0 aliphatic heterocycles. The summed E-state index contributed by atoms with van der Waals surface area (Å²) in [5.41, 5.74) is 2.82. The first kappa shape index (κ1) is 24.3. The molecule has 0 unspecified atom stereocenters. The Kier molecular flexibility index (Phi) is 7.70. The van der Waals surface area contributed by atoms with Gasteiger partial charge in [0.2, 0.25) is 0 Å². The predicted molar refractivity (Wildman–Crippen MR) is 136 cm³/mol.